The fraction of sp³-hybridized carbons (Fsp3) is 0.767. The summed E-state index contributed by atoms with van der Waals surface area (Å²) in [7, 11) is 0. The number of allylic oxidation sites excluding steroid dienone is 4. The minimum absolute atomic E-state index is 0.0203. The number of hydrogen-bond acceptors (Lipinski definition) is 4. The first kappa shape index (κ1) is 35.7. The van der Waals surface area contributed by atoms with E-state index in [0.29, 0.717) is 3.79 Å². The molecule has 4 nitrogen and oxygen atoms in total. The molecule has 8 unspecified atom stereocenters. The van der Waals surface area contributed by atoms with E-state index in [-0.39, 0.29) is 48.8 Å². The van der Waals surface area contributed by atoms with Crippen LogP contribution in [0.2, 0.25) is 0 Å². The van der Waals surface area contributed by atoms with Crippen LogP contribution in [-0.4, -0.2) is 34.6 Å². The van der Waals surface area contributed by atoms with Crippen LogP contribution in [0.15, 0.2) is 23.5 Å². The fourth-order valence-electron chi connectivity index (χ4n) is 9.44. The Labute approximate surface area is 336 Å². The molecule has 11 heteroatoms. The van der Waals surface area contributed by atoms with E-state index in [1.165, 1.54) is 0 Å². The molecule has 0 radical (unpaired) electrons. The number of aliphatic hydroxyl groups is 1. The molecule has 0 spiro atoms. The Morgan fingerprint density at radius 1 is 0.976 bits per heavy atom. The average molecular weight is 1350 g/mol. The summed E-state index contributed by atoms with van der Waals surface area (Å²) >= 11 is 13.8. The van der Waals surface area contributed by atoms with Gasteiger partial charge in [0, 0.05) is 0 Å². The summed E-state index contributed by atoms with van der Waals surface area (Å²) in [4.78, 5) is 41.2. The normalized spacial score (nSPS) is 47.4. The molecule has 0 bridgehead atoms. The van der Waals surface area contributed by atoms with Gasteiger partial charge < -0.3 is 0 Å². The average Bonchev–Trinajstić information content (AvgIpc) is 2.83. The Bertz CT molecular complexity index is 1280. The Hall–Kier alpha value is 3.40. The first-order valence-electron chi connectivity index (χ1n) is 14.0. The SMILES string of the molecule is CC1(C)CCC2(C[I-]C(=O)C(I)(I)I)CCC3C4(C)CCC5C(C)(I)C(=O)C(O)=CC5(C)C4=CC(=O)C3(I)C2(I)C1. The molecule has 5 aliphatic rings. The maximum absolute atomic E-state index is 14.9. The molecule has 8 atom stereocenters. The Morgan fingerprint density at radius 3 is 2.20 bits per heavy atom. The van der Waals surface area contributed by atoms with Gasteiger partial charge in [0.1, 0.15) is 0 Å². The zero-order valence-corrected chi connectivity index (χ0v) is 38.9. The standard InChI is InChI=1S/C30H36I7O4/c1-23(2)10-11-27(15-37-22(41)30(34,35)36)9-7-18-24(3)8-6-17-25(4,13-16(38)21(40)26(17,5)31)19(24)12-20(39)29(18,33)28(27,32)14-23/h12-13,17-18,38H,6-11,14-15H2,1-5H3/q-1. The monoisotopic (exact) mass is 1350 g/mol. The van der Waals surface area contributed by atoms with Crippen LogP contribution >= 0.6 is 136 Å². The summed E-state index contributed by atoms with van der Waals surface area (Å²) in [5.41, 5.74) is 0.481. The first-order chi connectivity index (χ1) is 18.5. The van der Waals surface area contributed by atoms with Gasteiger partial charge in [-0.1, -0.05) is 0 Å². The zero-order valence-electron chi connectivity index (χ0n) is 23.8. The van der Waals surface area contributed by atoms with Gasteiger partial charge in [0.2, 0.25) is 0 Å². The van der Waals surface area contributed by atoms with Crippen LogP contribution < -0.4 is 21.2 Å². The molecule has 3 fully saturated rings. The van der Waals surface area contributed by atoms with Gasteiger partial charge in [0.15, 0.2) is 0 Å². The molecule has 5 aliphatic carbocycles. The zero-order chi connectivity index (χ0) is 30.8. The number of carbonyl (C=O) groups is 3. The van der Waals surface area contributed by atoms with E-state index in [1.807, 2.05) is 13.0 Å². The molecular weight excluding hydrogens is 1310 g/mol. The van der Waals surface area contributed by atoms with Crippen LogP contribution in [0.5, 0.6) is 0 Å². The van der Waals surface area contributed by atoms with Crippen molar-refractivity contribution in [3.05, 3.63) is 23.5 Å². The molecule has 1 N–H and O–H groups in total. The maximum atomic E-state index is 14.9. The number of rotatable bonds is 4. The van der Waals surface area contributed by atoms with Crippen molar-refractivity contribution in [2.24, 2.45) is 33.5 Å². The third-order valence-corrected chi connectivity index (χ3v) is 26.3. The van der Waals surface area contributed by atoms with Gasteiger partial charge in [-0.2, -0.15) is 0 Å². The summed E-state index contributed by atoms with van der Waals surface area (Å²) in [6.07, 6.45) is 10.8. The summed E-state index contributed by atoms with van der Waals surface area (Å²) in [6.45, 7) is 11.2. The van der Waals surface area contributed by atoms with Crippen LogP contribution in [0.4, 0.5) is 0 Å². The predicted molar refractivity (Wildman–Crippen MR) is 211 cm³/mol. The summed E-state index contributed by atoms with van der Waals surface area (Å²) < 4.78 is -0.607. The fourth-order valence-corrected chi connectivity index (χ4v) is 21.6. The number of ketones is 2. The summed E-state index contributed by atoms with van der Waals surface area (Å²) in [6, 6.07) is 0. The molecule has 5 rings (SSSR count). The molecule has 0 saturated heterocycles. The number of alkyl halides is 7. The van der Waals surface area contributed by atoms with E-state index in [1.54, 1.807) is 6.08 Å². The van der Waals surface area contributed by atoms with Crippen LogP contribution in [-0.2, 0) is 14.4 Å². The Kier molecular flexibility index (Phi) is 9.77. The number of aliphatic hydroxyl groups excluding tert-OH is 1. The van der Waals surface area contributed by atoms with Crippen molar-refractivity contribution >= 4 is 151 Å². The van der Waals surface area contributed by atoms with E-state index in [4.69, 9.17) is 0 Å². The molecule has 0 aromatic carbocycles. The van der Waals surface area contributed by atoms with E-state index in [0.717, 1.165) is 54.9 Å². The molecule has 3 saturated carbocycles. The van der Waals surface area contributed by atoms with Gasteiger partial charge in [-0.15, -0.1) is 0 Å². The van der Waals surface area contributed by atoms with Crippen LogP contribution in [0.3, 0.4) is 0 Å². The molecule has 41 heavy (non-hydrogen) atoms. The Morgan fingerprint density at radius 2 is 1.59 bits per heavy atom. The molecule has 0 amide bonds. The second-order valence-corrected chi connectivity index (χ2v) is 33.7. The van der Waals surface area contributed by atoms with Gasteiger partial charge in [-0.3, -0.25) is 0 Å². The summed E-state index contributed by atoms with van der Waals surface area (Å²) in [5.74, 6) is 0.0598. The van der Waals surface area contributed by atoms with E-state index in [2.05, 4.69) is 163 Å². The Balaban J connectivity index is 1.66. The van der Waals surface area contributed by atoms with Crippen molar-refractivity contribution < 1.29 is 40.7 Å². The number of Topliss-reactive ketones (excluding diaryl/α,β-unsaturated/α-hetero) is 1. The van der Waals surface area contributed by atoms with Gasteiger partial charge in [0.05, 0.1) is 0 Å². The van der Waals surface area contributed by atoms with Crippen molar-refractivity contribution in [2.75, 3.05) is 4.43 Å². The van der Waals surface area contributed by atoms with E-state index < -0.39 is 32.9 Å². The van der Waals surface area contributed by atoms with E-state index in [9.17, 15) is 19.5 Å². The van der Waals surface area contributed by atoms with Crippen LogP contribution in [0.1, 0.15) is 79.6 Å². The van der Waals surface area contributed by atoms with E-state index >= 15 is 0 Å². The van der Waals surface area contributed by atoms with Crippen LogP contribution in [0, 0.1) is 33.5 Å². The van der Waals surface area contributed by atoms with Crippen molar-refractivity contribution in [1.82, 2.24) is 0 Å². The van der Waals surface area contributed by atoms with Gasteiger partial charge in [-0.05, 0) is 0 Å². The molecule has 0 aromatic rings. The minimum atomic E-state index is -0.712. The molecular formula is C30H36I7O4-. The summed E-state index contributed by atoms with van der Waals surface area (Å²) in [5, 5.41) is 10.9. The number of halogens is 7. The second-order valence-electron chi connectivity index (χ2n) is 14.4. The third kappa shape index (κ3) is 5.22. The van der Waals surface area contributed by atoms with Gasteiger partial charge >= 0.3 is 342 Å². The van der Waals surface area contributed by atoms with Crippen molar-refractivity contribution in [3.8, 4) is 0 Å². The third-order valence-electron chi connectivity index (χ3n) is 11.5. The van der Waals surface area contributed by atoms with Crippen molar-refractivity contribution in [2.45, 2.75) is 89.3 Å². The molecule has 230 valence electrons. The second kappa shape index (κ2) is 11.2. The number of carbonyl (C=O) groups excluding carboxylic acids is 3. The molecule has 0 aromatic heterocycles. The van der Waals surface area contributed by atoms with Crippen molar-refractivity contribution in [1.29, 1.82) is 0 Å². The van der Waals surface area contributed by atoms with Gasteiger partial charge in [0.25, 0.3) is 0 Å². The number of fused-ring (bicyclic) bond motifs is 7. The predicted octanol–water partition coefficient (Wildman–Crippen LogP) is 6.66. The molecule has 0 heterocycles. The van der Waals surface area contributed by atoms with Crippen LogP contribution in [0.25, 0.3) is 0 Å². The quantitative estimate of drug-likeness (QED) is 0.194. The first-order valence-corrected chi connectivity index (χ1v) is 23.1. The number of hydrogen-bond donors (Lipinski definition) is 1. The molecule has 0 aliphatic heterocycles. The van der Waals surface area contributed by atoms with Gasteiger partial charge in [-0.25, -0.2) is 0 Å². The van der Waals surface area contributed by atoms with Crippen molar-refractivity contribution in [3.63, 3.8) is 0 Å². The topological polar surface area (TPSA) is 71.4 Å².